The Morgan fingerprint density at radius 1 is 1.45 bits per heavy atom. The summed E-state index contributed by atoms with van der Waals surface area (Å²) < 4.78 is 25.1. The minimum Gasteiger partial charge on any atom is -0.384 e. The Labute approximate surface area is 120 Å². The number of nitrogens with two attached hydrogens (primary N) is 1. The molecular formula is C14H23N3O2S. The molecule has 5 nitrogen and oxygen atoms in total. The molecule has 0 radical (unpaired) electrons. The van der Waals surface area contributed by atoms with Crippen LogP contribution in [0.4, 0.5) is 5.82 Å². The number of sulfone groups is 1. The van der Waals surface area contributed by atoms with Gasteiger partial charge in [0.2, 0.25) is 0 Å². The van der Waals surface area contributed by atoms with Crippen molar-refractivity contribution in [2.75, 3.05) is 17.2 Å². The maximum Gasteiger partial charge on any atom is 0.152 e. The van der Waals surface area contributed by atoms with E-state index in [4.69, 9.17) is 10.8 Å². The molecule has 2 N–H and O–H groups in total. The van der Waals surface area contributed by atoms with E-state index < -0.39 is 9.84 Å². The molecule has 20 heavy (non-hydrogen) atoms. The Morgan fingerprint density at radius 2 is 2.15 bits per heavy atom. The fourth-order valence-electron chi connectivity index (χ4n) is 3.25. The zero-order valence-electron chi connectivity index (χ0n) is 12.2. The summed E-state index contributed by atoms with van der Waals surface area (Å²) in [5.74, 6) is 2.35. The minimum absolute atomic E-state index is 0.0709. The largest absolute Gasteiger partial charge is 0.384 e. The van der Waals surface area contributed by atoms with Crippen molar-refractivity contribution in [1.82, 2.24) is 9.78 Å². The second-order valence-corrected chi connectivity index (χ2v) is 8.55. The third-order valence-electron chi connectivity index (χ3n) is 4.60. The molecular weight excluding hydrogens is 274 g/mol. The van der Waals surface area contributed by atoms with Crippen LogP contribution in [-0.4, -0.2) is 29.7 Å². The second-order valence-electron chi connectivity index (χ2n) is 6.32. The first-order valence-corrected chi connectivity index (χ1v) is 9.32. The van der Waals surface area contributed by atoms with Crippen LogP contribution in [0.1, 0.15) is 56.3 Å². The highest BCUT2D eigenvalue weighted by Crippen LogP contribution is 2.49. The summed E-state index contributed by atoms with van der Waals surface area (Å²) in [6, 6.07) is -0.0709. The van der Waals surface area contributed by atoms with Crippen molar-refractivity contribution in [2.45, 2.75) is 51.5 Å². The van der Waals surface area contributed by atoms with Gasteiger partial charge in [-0.3, -0.25) is 0 Å². The molecule has 0 bridgehead atoms. The first kappa shape index (κ1) is 13.9. The highest BCUT2D eigenvalue weighted by atomic mass is 32.2. The molecule has 2 fully saturated rings. The lowest BCUT2D eigenvalue weighted by molar-refractivity contribution is 0.501. The molecule has 6 heteroatoms. The maximum atomic E-state index is 11.7. The van der Waals surface area contributed by atoms with E-state index in [0.717, 1.165) is 24.1 Å². The Kier molecular flexibility index (Phi) is 3.31. The number of aromatic nitrogens is 2. The van der Waals surface area contributed by atoms with E-state index in [9.17, 15) is 8.42 Å². The van der Waals surface area contributed by atoms with Gasteiger partial charge in [-0.1, -0.05) is 20.3 Å². The van der Waals surface area contributed by atoms with Gasteiger partial charge in [-0.05, 0) is 25.2 Å². The average molecular weight is 297 g/mol. The van der Waals surface area contributed by atoms with Crippen molar-refractivity contribution >= 4 is 15.7 Å². The van der Waals surface area contributed by atoms with E-state index in [1.807, 2.05) is 0 Å². The van der Waals surface area contributed by atoms with Crippen molar-refractivity contribution in [3.8, 4) is 0 Å². The molecule has 1 aliphatic carbocycles. The molecule has 2 aliphatic rings. The molecule has 1 saturated heterocycles. The molecule has 0 spiro atoms. The molecule has 1 aliphatic heterocycles. The molecule has 3 rings (SSSR count). The number of nitrogens with zero attached hydrogens (tertiary/aromatic N) is 2. The number of rotatable bonds is 4. The Morgan fingerprint density at radius 3 is 2.65 bits per heavy atom. The quantitative estimate of drug-likeness (QED) is 0.920. The minimum atomic E-state index is -2.91. The van der Waals surface area contributed by atoms with Crippen molar-refractivity contribution in [3.63, 3.8) is 0 Å². The number of nitrogen functional groups attached to an aromatic ring is 1. The second kappa shape index (κ2) is 4.76. The van der Waals surface area contributed by atoms with Gasteiger partial charge < -0.3 is 5.73 Å². The summed E-state index contributed by atoms with van der Waals surface area (Å²) in [6.07, 6.45) is 3.78. The fraction of sp³-hybridized carbons (Fsp3) is 0.786. The fourth-order valence-corrected chi connectivity index (χ4v) is 4.95. The first-order valence-electron chi connectivity index (χ1n) is 7.50. The third kappa shape index (κ3) is 2.34. The van der Waals surface area contributed by atoms with E-state index in [1.54, 1.807) is 4.68 Å². The monoisotopic (exact) mass is 297 g/mol. The maximum absolute atomic E-state index is 11.7. The van der Waals surface area contributed by atoms with E-state index in [-0.39, 0.29) is 17.5 Å². The van der Waals surface area contributed by atoms with Gasteiger partial charge in [-0.15, -0.1) is 0 Å². The van der Waals surface area contributed by atoms with Crippen LogP contribution in [0.3, 0.4) is 0 Å². The standard InChI is InChI=1S/C14H23N3O2S/c1-3-4-11-13(12-7-9(12)2)16-17(14(11)15)10-5-6-20(18,19)8-10/h9-10,12H,3-8,15H2,1-2H3. The molecule has 2 heterocycles. The van der Waals surface area contributed by atoms with Gasteiger partial charge >= 0.3 is 0 Å². The van der Waals surface area contributed by atoms with Crippen LogP contribution in [0.5, 0.6) is 0 Å². The lowest BCUT2D eigenvalue weighted by Crippen LogP contribution is -2.15. The van der Waals surface area contributed by atoms with E-state index in [2.05, 4.69) is 13.8 Å². The van der Waals surface area contributed by atoms with Crippen molar-refractivity contribution in [2.24, 2.45) is 5.92 Å². The summed E-state index contributed by atoms with van der Waals surface area (Å²) in [5, 5.41) is 4.72. The van der Waals surface area contributed by atoms with Crippen LogP contribution in [0.2, 0.25) is 0 Å². The zero-order valence-corrected chi connectivity index (χ0v) is 13.0. The summed E-state index contributed by atoms with van der Waals surface area (Å²) in [6.45, 7) is 4.37. The molecule has 0 aromatic carbocycles. The number of anilines is 1. The SMILES string of the molecule is CCCc1c(C2CC2C)nn(C2CCS(=O)(=O)C2)c1N. The smallest absolute Gasteiger partial charge is 0.152 e. The molecule has 112 valence electrons. The van der Waals surface area contributed by atoms with Crippen LogP contribution in [0.15, 0.2) is 0 Å². The van der Waals surface area contributed by atoms with Crippen LogP contribution in [-0.2, 0) is 16.3 Å². The summed E-state index contributed by atoms with van der Waals surface area (Å²) >= 11 is 0. The van der Waals surface area contributed by atoms with Gasteiger partial charge in [0.25, 0.3) is 0 Å². The summed E-state index contributed by atoms with van der Waals surface area (Å²) in [5.41, 5.74) is 8.56. The first-order chi connectivity index (χ1) is 9.43. The van der Waals surface area contributed by atoms with E-state index >= 15 is 0 Å². The van der Waals surface area contributed by atoms with Gasteiger partial charge in [-0.2, -0.15) is 5.10 Å². The third-order valence-corrected chi connectivity index (χ3v) is 6.35. The molecule has 0 amide bonds. The topological polar surface area (TPSA) is 78.0 Å². The van der Waals surface area contributed by atoms with Gasteiger partial charge in [0.05, 0.1) is 23.2 Å². The normalized spacial score (nSPS) is 31.6. The zero-order chi connectivity index (χ0) is 14.5. The molecule has 1 aromatic heterocycles. The Hall–Kier alpha value is -1.04. The predicted octanol–water partition coefficient (Wildman–Crippen LogP) is 1.90. The predicted molar refractivity (Wildman–Crippen MR) is 79.5 cm³/mol. The van der Waals surface area contributed by atoms with Gasteiger partial charge in [0, 0.05) is 11.5 Å². The van der Waals surface area contributed by atoms with Crippen LogP contribution >= 0.6 is 0 Å². The average Bonchev–Trinajstić information content (AvgIpc) is 2.85. The highest BCUT2D eigenvalue weighted by molar-refractivity contribution is 7.91. The molecule has 1 saturated carbocycles. The highest BCUT2D eigenvalue weighted by Gasteiger charge is 2.40. The van der Waals surface area contributed by atoms with E-state index in [0.29, 0.717) is 24.1 Å². The van der Waals surface area contributed by atoms with Gasteiger partial charge in [0.1, 0.15) is 5.82 Å². The van der Waals surface area contributed by atoms with Gasteiger partial charge in [0.15, 0.2) is 9.84 Å². The van der Waals surface area contributed by atoms with Gasteiger partial charge in [-0.25, -0.2) is 13.1 Å². The van der Waals surface area contributed by atoms with E-state index in [1.165, 1.54) is 6.42 Å². The van der Waals surface area contributed by atoms with Crippen molar-refractivity contribution in [3.05, 3.63) is 11.3 Å². The van der Waals surface area contributed by atoms with Crippen LogP contribution in [0.25, 0.3) is 0 Å². The van der Waals surface area contributed by atoms with Crippen molar-refractivity contribution < 1.29 is 8.42 Å². The number of hydrogen-bond donors (Lipinski definition) is 1. The lowest BCUT2D eigenvalue weighted by atomic mass is 10.1. The lowest BCUT2D eigenvalue weighted by Gasteiger charge is -2.10. The number of hydrogen-bond acceptors (Lipinski definition) is 4. The Bertz CT molecular complexity index is 621. The summed E-state index contributed by atoms with van der Waals surface area (Å²) in [7, 11) is -2.91. The van der Waals surface area contributed by atoms with Crippen LogP contribution < -0.4 is 5.73 Å². The molecule has 1 aromatic rings. The van der Waals surface area contributed by atoms with Crippen LogP contribution in [0, 0.1) is 5.92 Å². The molecule has 3 unspecified atom stereocenters. The Balaban J connectivity index is 1.95. The molecule has 3 atom stereocenters. The summed E-state index contributed by atoms with van der Waals surface area (Å²) in [4.78, 5) is 0. The van der Waals surface area contributed by atoms with Crippen molar-refractivity contribution in [1.29, 1.82) is 0 Å².